The third kappa shape index (κ3) is 3.01. The van der Waals surface area contributed by atoms with Gasteiger partial charge in [-0.15, -0.1) is 0 Å². The molecule has 0 aliphatic rings. The van der Waals surface area contributed by atoms with Crippen LogP contribution >= 0.6 is 11.6 Å². The minimum atomic E-state index is -0.325. The molecule has 0 radical (unpaired) electrons. The number of halogens is 2. The second kappa shape index (κ2) is 6.10. The van der Waals surface area contributed by atoms with Crippen molar-refractivity contribution in [3.63, 3.8) is 0 Å². The van der Waals surface area contributed by atoms with E-state index < -0.39 is 0 Å². The van der Waals surface area contributed by atoms with Gasteiger partial charge in [-0.25, -0.2) is 19.3 Å². The molecular weight excluding hydrogens is 343 g/mol. The summed E-state index contributed by atoms with van der Waals surface area (Å²) in [6.07, 6.45) is 4.84. The van der Waals surface area contributed by atoms with E-state index in [1.165, 1.54) is 12.1 Å². The fourth-order valence-corrected chi connectivity index (χ4v) is 2.70. The van der Waals surface area contributed by atoms with Crippen molar-refractivity contribution in [1.82, 2.24) is 24.5 Å². The van der Waals surface area contributed by atoms with E-state index in [0.717, 1.165) is 11.2 Å². The molecule has 3 heterocycles. The second-order valence-electron chi connectivity index (χ2n) is 5.38. The molecule has 0 saturated carbocycles. The van der Waals surface area contributed by atoms with Crippen LogP contribution in [0, 0.1) is 12.7 Å². The highest BCUT2D eigenvalue weighted by Crippen LogP contribution is 2.22. The summed E-state index contributed by atoms with van der Waals surface area (Å²) in [5.74, 6) is 1.50. The Morgan fingerprint density at radius 3 is 2.76 bits per heavy atom. The zero-order valence-corrected chi connectivity index (χ0v) is 13.9. The molecule has 1 N–H and O–H groups in total. The molecule has 0 atom stereocenters. The normalized spacial score (nSPS) is 11.0. The van der Waals surface area contributed by atoms with Gasteiger partial charge >= 0.3 is 0 Å². The van der Waals surface area contributed by atoms with Crippen molar-refractivity contribution in [2.75, 3.05) is 5.32 Å². The summed E-state index contributed by atoms with van der Waals surface area (Å²) in [6, 6.07) is 7.95. The minimum absolute atomic E-state index is 0.325. The van der Waals surface area contributed by atoms with E-state index in [2.05, 4.69) is 25.3 Å². The Balaban J connectivity index is 1.74. The van der Waals surface area contributed by atoms with Gasteiger partial charge in [0.25, 0.3) is 0 Å². The largest absolute Gasteiger partial charge is 0.338 e. The van der Waals surface area contributed by atoms with Crippen LogP contribution < -0.4 is 5.32 Å². The van der Waals surface area contributed by atoms with Crippen LogP contribution in [0.1, 0.15) is 5.82 Å². The monoisotopic (exact) mass is 354 g/mol. The minimum Gasteiger partial charge on any atom is -0.338 e. The van der Waals surface area contributed by atoms with Gasteiger partial charge in [-0.1, -0.05) is 11.6 Å². The number of nitrogens with zero attached hydrogens (tertiary/aromatic N) is 5. The van der Waals surface area contributed by atoms with Gasteiger partial charge in [-0.2, -0.15) is 0 Å². The molecular formula is C17H12ClFN6. The SMILES string of the molecule is Cc1nc2cc(F)ccc2n1-c1cncc(Nc2ccc(Cl)nc2)n1. The molecule has 4 rings (SSSR count). The molecule has 1 aromatic carbocycles. The molecule has 0 aliphatic carbocycles. The van der Waals surface area contributed by atoms with Gasteiger partial charge in [0.15, 0.2) is 11.6 Å². The first-order chi connectivity index (χ1) is 12.1. The molecule has 0 fully saturated rings. The first-order valence-electron chi connectivity index (χ1n) is 7.46. The highest BCUT2D eigenvalue weighted by atomic mass is 35.5. The Hall–Kier alpha value is -3.06. The van der Waals surface area contributed by atoms with Crippen molar-refractivity contribution in [2.24, 2.45) is 0 Å². The summed E-state index contributed by atoms with van der Waals surface area (Å²) >= 11 is 5.79. The Bertz CT molecular complexity index is 1060. The maximum atomic E-state index is 13.4. The number of benzene rings is 1. The molecule has 0 amide bonds. The molecule has 25 heavy (non-hydrogen) atoms. The molecule has 3 aromatic heterocycles. The van der Waals surface area contributed by atoms with Crippen molar-refractivity contribution >= 4 is 34.1 Å². The highest BCUT2D eigenvalue weighted by Gasteiger charge is 2.12. The van der Waals surface area contributed by atoms with Gasteiger partial charge in [0.05, 0.1) is 35.3 Å². The zero-order valence-electron chi connectivity index (χ0n) is 13.1. The number of pyridine rings is 1. The standard InChI is InChI=1S/C17H12ClFN6/c1-10-22-13-6-11(19)2-4-14(13)25(10)17-9-20-8-16(24-17)23-12-3-5-15(18)21-7-12/h2-9H,1H3,(H,23,24). The number of aryl methyl sites for hydroxylation is 1. The fourth-order valence-electron chi connectivity index (χ4n) is 2.58. The van der Waals surface area contributed by atoms with Gasteiger partial charge in [-0.05, 0) is 31.2 Å². The number of aromatic nitrogens is 5. The smallest absolute Gasteiger partial charge is 0.159 e. The topological polar surface area (TPSA) is 68.5 Å². The molecule has 0 spiro atoms. The lowest BCUT2D eigenvalue weighted by Gasteiger charge is -2.09. The second-order valence-corrected chi connectivity index (χ2v) is 5.77. The quantitative estimate of drug-likeness (QED) is 0.562. The third-order valence-electron chi connectivity index (χ3n) is 3.63. The number of anilines is 2. The van der Waals surface area contributed by atoms with Gasteiger partial charge in [0, 0.05) is 6.07 Å². The van der Waals surface area contributed by atoms with Crippen LogP contribution in [0.5, 0.6) is 0 Å². The molecule has 6 nitrogen and oxygen atoms in total. The van der Waals surface area contributed by atoms with Crippen molar-refractivity contribution in [2.45, 2.75) is 6.92 Å². The van der Waals surface area contributed by atoms with Crippen LogP contribution in [0.15, 0.2) is 48.9 Å². The van der Waals surface area contributed by atoms with Crippen LogP contribution in [0.25, 0.3) is 16.9 Å². The fraction of sp³-hybridized carbons (Fsp3) is 0.0588. The van der Waals surface area contributed by atoms with E-state index in [1.54, 1.807) is 36.8 Å². The molecule has 0 bridgehead atoms. The summed E-state index contributed by atoms with van der Waals surface area (Å²) in [7, 11) is 0. The lowest BCUT2D eigenvalue weighted by Crippen LogP contribution is -2.03. The molecule has 124 valence electrons. The van der Waals surface area contributed by atoms with Crippen LogP contribution in [-0.4, -0.2) is 24.5 Å². The Morgan fingerprint density at radius 1 is 1.08 bits per heavy atom. The van der Waals surface area contributed by atoms with E-state index >= 15 is 0 Å². The van der Waals surface area contributed by atoms with E-state index in [-0.39, 0.29) is 5.82 Å². The maximum absolute atomic E-state index is 13.4. The van der Waals surface area contributed by atoms with Crippen LogP contribution in [0.4, 0.5) is 15.9 Å². The molecule has 0 unspecified atom stereocenters. The average molecular weight is 355 g/mol. The van der Waals surface area contributed by atoms with Gasteiger partial charge in [-0.3, -0.25) is 9.55 Å². The number of hydrogen-bond donors (Lipinski definition) is 1. The summed E-state index contributed by atoms with van der Waals surface area (Å²) in [4.78, 5) is 17.2. The average Bonchev–Trinajstić information content (AvgIpc) is 2.92. The number of fused-ring (bicyclic) bond motifs is 1. The Morgan fingerprint density at radius 2 is 1.96 bits per heavy atom. The van der Waals surface area contributed by atoms with E-state index in [9.17, 15) is 4.39 Å². The van der Waals surface area contributed by atoms with Crippen LogP contribution in [-0.2, 0) is 0 Å². The zero-order chi connectivity index (χ0) is 17.4. The van der Waals surface area contributed by atoms with Crippen molar-refractivity contribution in [1.29, 1.82) is 0 Å². The first kappa shape index (κ1) is 15.5. The maximum Gasteiger partial charge on any atom is 0.159 e. The van der Waals surface area contributed by atoms with Crippen LogP contribution in [0.3, 0.4) is 0 Å². The van der Waals surface area contributed by atoms with E-state index in [0.29, 0.717) is 28.1 Å². The van der Waals surface area contributed by atoms with Crippen molar-refractivity contribution in [3.05, 3.63) is 65.7 Å². The predicted molar refractivity (Wildman–Crippen MR) is 93.9 cm³/mol. The summed E-state index contributed by atoms with van der Waals surface area (Å²) in [5, 5.41) is 3.54. The van der Waals surface area contributed by atoms with Gasteiger partial charge in [0.2, 0.25) is 0 Å². The third-order valence-corrected chi connectivity index (χ3v) is 3.86. The summed E-state index contributed by atoms with van der Waals surface area (Å²) in [5.41, 5.74) is 2.07. The molecule has 0 aliphatic heterocycles. The van der Waals surface area contributed by atoms with Gasteiger partial charge < -0.3 is 5.32 Å². The lowest BCUT2D eigenvalue weighted by atomic mass is 10.3. The van der Waals surface area contributed by atoms with Crippen LogP contribution in [0.2, 0.25) is 5.15 Å². The van der Waals surface area contributed by atoms with Crippen molar-refractivity contribution in [3.8, 4) is 5.82 Å². The molecule has 4 aromatic rings. The summed E-state index contributed by atoms with van der Waals surface area (Å²) in [6.45, 7) is 1.84. The predicted octanol–water partition coefficient (Wildman–Crippen LogP) is 4.06. The Labute approximate surface area is 147 Å². The first-order valence-corrected chi connectivity index (χ1v) is 7.83. The number of rotatable bonds is 3. The van der Waals surface area contributed by atoms with Crippen molar-refractivity contribution < 1.29 is 4.39 Å². The molecule has 8 heteroatoms. The Kier molecular flexibility index (Phi) is 3.77. The van der Waals surface area contributed by atoms with Gasteiger partial charge in [0.1, 0.15) is 16.8 Å². The number of nitrogens with one attached hydrogen (secondary N) is 1. The number of imidazole rings is 1. The highest BCUT2D eigenvalue weighted by molar-refractivity contribution is 6.29. The number of hydrogen-bond acceptors (Lipinski definition) is 5. The van der Waals surface area contributed by atoms with E-state index in [1.807, 2.05) is 11.5 Å². The summed E-state index contributed by atoms with van der Waals surface area (Å²) < 4.78 is 15.2. The lowest BCUT2D eigenvalue weighted by molar-refractivity contribution is 0.629. The van der Waals surface area contributed by atoms with E-state index in [4.69, 9.17) is 11.6 Å². The molecule has 0 saturated heterocycles.